The lowest BCUT2D eigenvalue weighted by molar-refractivity contribution is -0.138. The van der Waals surface area contributed by atoms with E-state index >= 15 is 0 Å². The Morgan fingerprint density at radius 2 is 2.17 bits per heavy atom. The minimum absolute atomic E-state index is 0.0887. The van der Waals surface area contributed by atoms with Crippen LogP contribution in [0, 0.1) is 0 Å². The van der Waals surface area contributed by atoms with Crippen molar-refractivity contribution in [2.75, 3.05) is 0 Å². The van der Waals surface area contributed by atoms with E-state index < -0.39 is 12.0 Å². The molecule has 0 aliphatic rings. The van der Waals surface area contributed by atoms with Crippen LogP contribution in [0.2, 0.25) is 6.82 Å². The minimum atomic E-state index is -1.07. The molecule has 0 aromatic heterocycles. The van der Waals surface area contributed by atoms with Crippen molar-refractivity contribution in [3.05, 3.63) is 0 Å². The fourth-order valence-corrected chi connectivity index (χ4v) is 0.690. The molecule has 0 saturated carbocycles. The normalized spacial score (nSPS) is 11.8. The van der Waals surface area contributed by atoms with Gasteiger partial charge in [0.2, 0.25) is 0 Å². The summed E-state index contributed by atoms with van der Waals surface area (Å²) >= 11 is 0. The summed E-state index contributed by atoms with van der Waals surface area (Å²) in [7, 11) is 3.03. The molecule has 6 heteroatoms. The maximum atomic E-state index is 10.8. The van der Waals surface area contributed by atoms with Gasteiger partial charge in [-0.3, -0.25) is 4.79 Å². The van der Waals surface area contributed by atoms with E-state index in [1.807, 2.05) is 0 Å². The number of nitrogens with two attached hydrogens (primary N) is 1. The van der Waals surface area contributed by atoms with Gasteiger partial charge in [-0.05, 0) is 12.8 Å². The maximum absolute atomic E-state index is 10.8. The van der Waals surface area contributed by atoms with Crippen molar-refractivity contribution < 1.29 is 14.7 Å². The molecule has 2 radical (unpaired) electrons. The van der Waals surface area contributed by atoms with Crippen molar-refractivity contribution in [2.24, 2.45) is 5.73 Å². The van der Waals surface area contributed by atoms with Crippen molar-refractivity contribution in [2.45, 2.75) is 25.7 Å². The van der Waals surface area contributed by atoms with Crippen LogP contribution in [-0.2, 0) is 9.59 Å². The monoisotopic (exact) mass is 167 g/mol. The van der Waals surface area contributed by atoms with E-state index in [4.69, 9.17) is 10.8 Å². The second-order valence-corrected chi connectivity index (χ2v) is 2.45. The zero-order valence-corrected chi connectivity index (χ0v) is 6.99. The number of carbonyl (C=O) groups is 2. The van der Waals surface area contributed by atoms with Crippen LogP contribution < -0.4 is 5.73 Å². The summed E-state index contributed by atoms with van der Waals surface area (Å²) in [6.07, 6.45) is 0.385. The number of carboxylic acid groups (broad SMARTS) is 1. The molecule has 0 aromatic rings. The first-order valence-corrected chi connectivity index (χ1v) is 3.72. The lowest BCUT2D eigenvalue weighted by atomic mass is 9.38. The molecule has 0 aliphatic carbocycles. The molecule has 1 atom stereocenters. The molecule has 12 heavy (non-hydrogen) atoms. The SMILES string of the molecule is C[B][B]C(=O)CCC(N)C(=O)O. The van der Waals surface area contributed by atoms with E-state index in [-0.39, 0.29) is 18.5 Å². The summed E-state index contributed by atoms with van der Waals surface area (Å²) in [6, 6.07) is -0.931. The van der Waals surface area contributed by atoms with Gasteiger partial charge in [-0.2, -0.15) is 0 Å². The Morgan fingerprint density at radius 3 is 2.58 bits per heavy atom. The lowest BCUT2D eigenvalue weighted by Gasteiger charge is -2.03. The van der Waals surface area contributed by atoms with Gasteiger partial charge in [0.25, 0.3) is 0 Å². The number of carbonyl (C=O) groups excluding carboxylic acids is 1. The lowest BCUT2D eigenvalue weighted by Crippen LogP contribution is -2.31. The van der Waals surface area contributed by atoms with Gasteiger partial charge in [0.05, 0.1) is 12.9 Å². The molecule has 0 saturated heterocycles. The Hall–Kier alpha value is -0.770. The number of hydrogen-bond acceptors (Lipinski definition) is 3. The maximum Gasteiger partial charge on any atom is 0.320 e. The van der Waals surface area contributed by atoms with Crippen LogP contribution >= 0.6 is 0 Å². The Balaban J connectivity index is 3.54. The summed E-state index contributed by atoms with van der Waals surface area (Å²) in [5.41, 5.74) is 5.10. The molecule has 0 aromatic carbocycles. The highest BCUT2D eigenvalue weighted by Crippen LogP contribution is 1.94. The molecule has 4 nitrogen and oxygen atoms in total. The van der Waals surface area contributed by atoms with Crippen molar-refractivity contribution in [1.82, 2.24) is 0 Å². The molecular formula is C6H11B2NO3. The first-order chi connectivity index (χ1) is 5.57. The second-order valence-electron chi connectivity index (χ2n) is 2.45. The van der Waals surface area contributed by atoms with Crippen LogP contribution in [0.25, 0.3) is 0 Å². The van der Waals surface area contributed by atoms with Crippen molar-refractivity contribution >= 4 is 26.0 Å². The molecular weight excluding hydrogens is 156 g/mol. The number of carboxylic acids is 1. The predicted molar refractivity (Wildman–Crippen MR) is 47.2 cm³/mol. The highest BCUT2D eigenvalue weighted by atomic mass is 16.4. The second kappa shape index (κ2) is 5.83. The highest BCUT2D eigenvalue weighted by Gasteiger charge is 2.12. The van der Waals surface area contributed by atoms with Gasteiger partial charge in [0, 0.05) is 0 Å². The van der Waals surface area contributed by atoms with Crippen LogP contribution in [0.1, 0.15) is 12.8 Å². The molecule has 0 aliphatic heterocycles. The predicted octanol–water partition coefficient (Wildman–Crippen LogP) is -0.923. The summed E-state index contributed by atoms with van der Waals surface area (Å²) < 4.78 is 0. The molecule has 0 heterocycles. The molecule has 64 valence electrons. The van der Waals surface area contributed by atoms with Gasteiger partial charge in [-0.25, -0.2) is 0 Å². The van der Waals surface area contributed by atoms with Gasteiger partial charge in [0.1, 0.15) is 6.04 Å². The van der Waals surface area contributed by atoms with Crippen LogP contribution in [0.4, 0.5) is 0 Å². The molecule has 0 amide bonds. The molecule has 0 rings (SSSR count). The summed E-state index contributed by atoms with van der Waals surface area (Å²) in [6.45, 7) is 1.73. The third kappa shape index (κ3) is 4.96. The van der Waals surface area contributed by atoms with E-state index in [1.54, 1.807) is 14.0 Å². The summed E-state index contributed by atoms with van der Waals surface area (Å²) in [4.78, 5) is 21.1. The minimum Gasteiger partial charge on any atom is -0.480 e. The summed E-state index contributed by atoms with van der Waals surface area (Å²) in [5, 5.41) is 8.37. The van der Waals surface area contributed by atoms with E-state index in [1.165, 1.54) is 7.17 Å². The van der Waals surface area contributed by atoms with Gasteiger partial charge in [0.15, 0.2) is 7.17 Å². The fourth-order valence-electron chi connectivity index (χ4n) is 0.690. The first kappa shape index (κ1) is 11.2. The largest absolute Gasteiger partial charge is 0.480 e. The smallest absolute Gasteiger partial charge is 0.320 e. The standard InChI is InChI=1S/C6H11B2NO3/c1-7-8-5(10)3-2-4(9)6(11)12/h4H,2-3,9H2,1H3,(H,11,12). The molecule has 0 fully saturated rings. The van der Waals surface area contributed by atoms with Crippen LogP contribution in [0.5, 0.6) is 0 Å². The Labute approximate surface area is 73.0 Å². The molecule has 0 bridgehead atoms. The third-order valence-electron chi connectivity index (χ3n) is 1.37. The van der Waals surface area contributed by atoms with Gasteiger partial charge >= 0.3 is 5.97 Å². The number of hydrogen-bond donors (Lipinski definition) is 2. The quantitative estimate of drug-likeness (QED) is 0.501. The fraction of sp³-hybridized carbons (Fsp3) is 0.667. The number of rotatable bonds is 6. The van der Waals surface area contributed by atoms with Crippen molar-refractivity contribution in [1.29, 1.82) is 0 Å². The van der Waals surface area contributed by atoms with Crippen LogP contribution in [0.15, 0.2) is 0 Å². The Kier molecular flexibility index (Phi) is 5.45. The van der Waals surface area contributed by atoms with E-state index in [0.29, 0.717) is 0 Å². The van der Waals surface area contributed by atoms with Crippen molar-refractivity contribution in [3.63, 3.8) is 0 Å². The number of aliphatic carboxylic acids is 1. The van der Waals surface area contributed by atoms with E-state index in [9.17, 15) is 9.59 Å². The highest BCUT2D eigenvalue weighted by molar-refractivity contribution is 7.15. The van der Waals surface area contributed by atoms with Gasteiger partial charge < -0.3 is 15.6 Å². The summed E-state index contributed by atoms with van der Waals surface area (Å²) in [5.74, 6) is -1.07. The first-order valence-electron chi connectivity index (χ1n) is 3.72. The molecule has 1 unspecified atom stereocenters. The third-order valence-corrected chi connectivity index (χ3v) is 1.37. The van der Waals surface area contributed by atoms with E-state index in [0.717, 1.165) is 0 Å². The molecule has 0 spiro atoms. The van der Waals surface area contributed by atoms with E-state index in [2.05, 4.69) is 0 Å². The Bertz CT molecular complexity index is 174. The molecule has 3 N–H and O–H groups in total. The van der Waals surface area contributed by atoms with Gasteiger partial charge in [-0.1, -0.05) is 6.82 Å². The average molecular weight is 167 g/mol. The zero-order valence-electron chi connectivity index (χ0n) is 6.99. The van der Waals surface area contributed by atoms with Crippen molar-refractivity contribution in [3.8, 4) is 0 Å². The Morgan fingerprint density at radius 1 is 1.58 bits per heavy atom. The topological polar surface area (TPSA) is 80.4 Å². The zero-order chi connectivity index (χ0) is 9.56. The van der Waals surface area contributed by atoms with Crippen LogP contribution in [0.3, 0.4) is 0 Å². The average Bonchev–Trinajstić information content (AvgIpc) is 2.00. The van der Waals surface area contributed by atoms with Gasteiger partial charge in [-0.15, -0.1) is 0 Å². The van der Waals surface area contributed by atoms with Crippen LogP contribution in [-0.4, -0.2) is 37.1 Å².